The molecule has 2 rings (SSSR count). The molecule has 0 saturated heterocycles. The molecule has 0 aliphatic carbocycles. The van der Waals surface area contributed by atoms with E-state index >= 15 is 0 Å². The number of Topliss-reactive ketones (excluding diaryl/α,β-unsaturated/α-hetero) is 1. The molecule has 0 saturated carbocycles. The molecule has 1 atom stereocenters. The van der Waals surface area contributed by atoms with E-state index in [1.165, 1.54) is 36.4 Å². The first-order chi connectivity index (χ1) is 12.3. The van der Waals surface area contributed by atoms with Crippen molar-refractivity contribution in [1.29, 1.82) is 10.5 Å². The molecule has 0 spiro atoms. The van der Waals surface area contributed by atoms with Gasteiger partial charge >= 0.3 is 6.18 Å². The molecular weight excluding hydrogens is 347 g/mol. The first-order valence-electron chi connectivity index (χ1n) is 7.18. The Kier molecular flexibility index (Phi) is 5.39. The van der Waals surface area contributed by atoms with Crippen LogP contribution in [0.3, 0.4) is 0 Å². The highest BCUT2D eigenvalue weighted by Crippen LogP contribution is 2.30. The van der Waals surface area contributed by atoms with E-state index in [1.54, 1.807) is 0 Å². The van der Waals surface area contributed by atoms with Crippen molar-refractivity contribution in [3.05, 3.63) is 65.2 Å². The van der Waals surface area contributed by atoms with E-state index in [9.17, 15) is 22.8 Å². The number of halogens is 3. The average molecular weight is 357 g/mol. The fraction of sp³-hybridized carbons (Fsp3) is 0.111. The van der Waals surface area contributed by atoms with Crippen LogP contribution in [-0.2, 0) is 11.0 Å². The van der Waals surface area contributed by atoms with Gasteiger partial charge in [0.25, 0.3) is 0 Å². The van der Waals surface area contributed by atoms with Gasteiger partial charge in [-0.15, -0.1) is 0 Å². The molecule has 0 bridgehead atoms. The maximum absolute atomic E-state index is 12.7. The summed E-state index contributed by atoms with van der Waals surface area (Å²) in [6, 6.07) is 12.6. The minimum Gasteiger partial charge on any atom is -0.325 e. The molecule has 0 heterocycles. The van der Waals surface area contributed by atoms with E-state index < -0.39 is 29.3 Å². The molecule has 5 nitrogen and oxygen atoms in total. The summed E-state index contributed by atoms with van der Waals surface area (Å²) in [7, 11) is 0. The third-order valence-corrected chi connectivity index (χ3v) is 3.39. The van der Waals surface area contributed by atoms with Crippen molar-refractivity contribution in [2.75, 3.05) is 5.32 Å². The Morgan fingerprint density at radius 2 is 1.73 bits per heavy atom. The lowest BCUT2D eigenvalue weighted by Crippen LogP contribution is -2.28. The largest absolute Gasteiger partial charge is 0.416 e. The van der Waals surface area contributed by atoms with Gasteiger partial charge in [-0.2, -0.15) is 23.7 Å². The molecule has 8 heteroatoms. The quantitative estimate of drug-likeness (QED) is 0.669. The molecule has 2 aromatic carbocycles. The van der Waals surface area contributed by atoms with Crippen molar-refractivity contribution in [2.24, 2.45) is 5.92 Å². The van der Waals surface area contributed by atoms with Gasteiger partial charge in [0.05, 0.1) is 23.3 Å². The smallest absolute Gasteiger partial charge is 0.325 e. The molecule has 130 valence electrons. The fourth-order valence-electron chi connectivity index (χ4n) is 2.13. The van der Waals surface area contributed by atoms with Crippen LogP contribution >= 0.6 is 0 Å². The number of nitriles is 2. The van der Waals surface area contributed by atoms with Crippen LogP contribution in [0.2, 0.25) is 0 Å². The molecular formula is C18H10F3N3O2. The second kappa shape index (κ2) is 7.49. The van der Waals surface area contributed by atoms with E-state index in [4.69, 9.17) is 10.5 Å². The highest BCUT2D eigenvalue weighted by atomic mass is 19.4. The number of hydrogen-bond acceptors (Lipinski definition) is 4. The normalized spacial score (nSPS) is 11.7. The molecule has 0 unspecified atom stereocenters. The highest BCUT2D eigenvalue weighted by molar-refractivity contribution is 6.15. The monoisotopic (exact) mass is 357 g/mol. The molecule has 0 fully saturated rings. The van der Waals surface area contributed by atoms with E-state index in [1.807, 2.05) is 6.07 Å². The number of benzene rings is 2. The molecule has 1 N–H and O–H groups in total. The average Bonchev–Trinajstić information content (AvgIpc) is 2.61. The summed E-state index contributed by atoms with van der Waals surface area (Å²) in [5.74, 6) is -3.67. The summed E-state index contributed by atoms with van der Waals surface area (Å²) in [6.45, 7) is 0. The predicted molar refractivity (Wildman–Crippen MR) is 84.7 cm³/mol. The second-order valence-electron chi connectivity index (χ2n) is 5.19. The van der Waals surface area contributed by atoms with Crippen LogP contribution in [0.1, 0.15) is 21.5 Å². The van der Waals surface area contributed by atoms with Crippen LogP contribution in [0.25, 0.3) is 0 Å². The van der Waals surface area contributed by atoms with Crippen LogP contribution in [0.5, 0.6) is 0 Å². The Morgan fingerprint density at radius 3 is 2.35 bits per heavy atom. The third-order valence-electron chi connectivity index (χ3n) is 3.39. The summed E-state index contributed by atoms with van der Waals surface area (Å²) >= 11 is 0. The van der Waals surface area contributed by atoms with Gasteiger partial charge in [-0.3, -0.25) is 9.59 Å². The number of amides is 1. The Balaban J connectivity index is 2.23. The number of ketones is 1. The minimum absolute atomic E-state index is 0.0187. The van der Waals surface area contributed by atoms with Gasteiger partial charge in [-0.05, 0) is 30.3 Å². The number of carbonyl (C=O) groups is 2. The lowest BCUT2D eigenvalue weighted by Gasteiger charge is -2.12. The summed E-state index contributed by atoms with van der Waals surface area (Å²) in [4.78, 5) is 24.5. The van der Waals surface area contributed by atoms with Gasteiger partial charge in [0.15, 0.2) is 11.7 Å². The molecule has 0 radical (unpaired) electrons. The number of alkyl halides is 3. The van der Waals surface area contributed by atoms with Crippen LogP contribution in [0.15, 0.2) is 48.5 Å². The second-order valence-corrected chi connectivity index (χ2v) is 5.19. The van der Waals surface area contributed by atoms with E-state index in [-0.39, 0.29) is 16.8 Å². The van der Waals surface area contributed by atoms with Crippen LogP contribution < -0.4 is 5.32 Å². The third kappa shape index (κ3) is 4.25. The Morgan fingerprint density at radius 1 is 1.04 bits per heavy atom. The van der Waals surface area contributed by atoms with E-state index in [2.05, 4.69) is 5.32 Å². The lowest BCUT2D eigenvalue weighted by atomic mass is 9.96. The maximum atomic E-state index is 12.7. The van der Waals surface area contributed by atoms with Crippen molar-refractivity contribution in [3.8, 4) is 12.1 Å². The van der Waals surface area contributed by atoms with Crippen molar-refractivity contribution in [1.82, 2.24) is 0 Å². The Labute approximate surface area is 146 Å². The Bertz CT molecular complexity index is 940. The van der Waals surface area contributed by atoms with Gasteiger partial charge in [0.1, 0.15) is 0 Å². The number of anilines is 1. The minimum atomic E-state index is -4.59. The van der Waals surface area contributed by atoms with Gasteiger partial charge in [0, 0.05) is 11.3 Å². The fourth-order valence-corrected chi connectivity index (χ4v) is 2.13. The first kappa shape index (κ1) is 18.7. The zero-order chi connectivity index (χ0) is 19.3. The molecule has 0 aromatic heterocycles. The molecule has 1 amide bonds. The van der Waals surface area contributed by atoms with E-state index in [0.29, 0.717) is 6.07 Å². The number of hydrogen-bond donors (Lipinski definition) is 1. The lowest BCUT2D eigenvalue weighted by molar-refractivity contribution is -0.137. The summed E-state index contributed by atoms with van der Waals surface area (Å²) < 4.78 is 38.1. The predicted octanol–water partition coefficient (Wildman–Crippen LogP) is 3.54. The maximum Gasteiger partial charge on any atom is 0.416 e. The number of rotatable bonds is 4. The zero-order valence-corrected chi connectivity index (χ0v) is 13.0. The molecule has 0 aliphatic heterocycles. The van der Waals surface area contributed by atoms with Gasteiger partial charge in [0.2, 0.25) is 5.91 Å². The SMILES string of the molecule is N#Cc1cccc(C(=O)[C@H](C#N)C(=O)Nc2cccc(C(F)(F)F)c2)c1. The highest BCUT2D eigenvalue weighted by Gasteiger charge is 2.31. The van der Waals surface area contributed by atoms with E-state index in [0.717, 1.165) is 12.1 Å². The number of nitrogens with one attached hydrogen (secondary N) is 1. The Hall–Kier alpha value is -3.65. The summed E-state index contributed by atoms with van der Waals surface area (Å²) in [5.41, 5.74) is -1.01. The standard InChI is InChI=1S/C18H10F3N3O2/c19-18(20,21)13-5-2-6-14(8-13)24-17(26)15(10-23)16(25)12-4-1-3-11(7-12)9-22/h1-8,15H,(H,24,26)/t15-/m0/s1. The summed E-state index contributed by atoms with van der Waals surface area (Å²) in [6.07, 6.45) is -4.59. The molecule has 26 heavy (non-hydrogen) atoms. The van der Waals surface area contributed by atoms with Crippen molar-refractivity contribution < 1.29 is 22.8 Å². The summed E-state index contributed by atoms with van der Waals surface area (Å²) in [5, 5.41) is 20.1. The van der Waals surface area contributed by atoms with Gasteiger partial charge in [-0.1, -0.05) is 18.2 Å². The topological polar surface area (TPSA) is 93.8 Å². The van der Waals surface area contributed by atoms with Gasteiger partial charge < -0.3 is 5.32 Å². The molecule has 0 aliphatic rings. The van der Waals surface area contributed by atoms with Crippen molar-refractivity contribution in [3.63, 3.8) is 0 Å². The van der Waals surface area contributed by atoms with Gasteiger partial charge in [-0.25, -0.2) is 0 Å². The van der Waals surface area contributed by atoms with Crippen LogP contribution in [0.4, 0.5) is 18.9 Å². The van der Waals surface area contributed by atoms with Crippen molar-refractivity contribution >= 4 is 17.4 Å². The van der Waals surface area contributed by atoms with Crippen LogP contribution in [0, 0.1) is 28.6 Å². The number of nitrogens with zero attached hydrogens (tertiary/aromatic N) is 2. The van der Waals surface area contributed by atoms with Crippen LogP contribution in [-0.4, -0.2) is 11.7 Å². The zero-order valence-electron chi connectivity index (χ0n) is 13.0. The number of carbonyl (C=O) groups excluding carboxylic acids is 2. The van der Waals surface area contributed by atoms with Crippen molar-refractivity contribution in [2.45, 2.75) is 6.18 Å². The molecule has 2 aromatic rings. The first-order valence-corrected chi connectivity index (χ1v) is 7.18.